The van der Waals surface area contributed by atoms with Crippen molar-refractivity contribution in [3.05, 3.63) is 6.92 Å². The molecule has 2 unspecified atom stereocenters. The maximum Gasteiger partial charge on any atom is 1.00 e. The fourth-order valence-corrected chi connectivity index (χ4v) is 5.07. The van der Waals surface area contributed by atoms with Crippen molar-refractivity contribution in [2.45, 2.75) is 201 Å². The molecule has 0 aliphatic carbocycles. The van der Waals surface area contributed by atoms with Crippen LogP contribution in [-0.2, 0) is 18.9 Å². The molecule has 0 radical (unpaired) electrons. The summed E-state index contributed by atoms with van der Waals surface area (Å²) in [5.74, 6) is 8.72. The molecule has 2 aliphatic rings. The molecule has 6 heteroatoms. The molecule has 47 heavy (non-hydrogen) atoms. The van der Waals surface area contributed by atoms with E-state index in [0.29, 0.717) is 13.2 Å². The van der Waals surface area contributed by atoms with Crippen LogP contribution in [0.1, 0.15) is 189 Å². The van der Waals surface area contributed by atoms with Gasteiger partial charge >= 0.3 is 18.9 Å². The molecule has 0 N–H and O–H groups in total. The first kappa shape index (κ1) is 53.8. The minimum Gasteiger partial charge on any atom is -0.353 e. The third-order valence-corrected chi connectivity index (χ3v) is 8.15. The van der Waals surface area contributed by atoms with Crippen LogP contribution in [0.4, 0.5) is 0 Å². The van der Waals surface area contributed by atoms with Crippen molar-refractivity contribution in [2.75, 3.05) is 31.8 Å². The molecule has 4 nitrogen and oxygen atoms in total. The van der Waals surface area contributed by atoms with Gasteiger partial charge in [0.25, 0.3) is 0 Å². The van der Waals surface area contributed by atoms with Crippen LogP contribution in [0.3, 0.4) is 0 Å². The fraction of sp³-hybridized carbons (Fsp3) is 0.878. The second-order valence-corrected chi connectivity index (χ2v) is 12.8. The van der Waals surface area contributed by atoms with Crippen LogP contribution < -0.4 is 18.9 Å². The van der Waals surface area contributed by atoms with Crippen molar-refractivity contribution in [1.29, 1.82) is 0 Å². The van der Waals surface area contributed by atoms with Gasteiger partial charge in [0.1, 0.15) is 13.2 Å². The molecule has 2 rings (SSSR count). The maximum atomic E-state index is 5.57. The van der Waals surface area contributed by atoms with E-state index < -0.39 is 0 Å². The van der Waals surface area contributed by atoms with Crippen molar-refractivity contribution in [1.82, 2.24) is 0 Å². The SMILES string of the molecule is C.C#CCOC1CCCCO1.CCCCCCCCCCBr.CCCCCCCCCCC#CCOC1CCCCO1.[CH2-]CCC.[Li+]. The van der Waals surface area contributed by atoms with Gasteiger partial charge in [0.2, 0.25) is 0 Å². The van der Waals surface area contributed by atoms with E-state index in [4.69, 9.17) is 25.4 Å². The van der Waals surface area contributed by atoms with E-state index in [2.05, 4.69) is 61.4 Å². The molecular weight excluding hydrogens is 643 g/mol. The van der Waals surface area contributed by atoms with Crippen LogP contribution in [0.25, 0.3) is 0 Å². The smallest absolute Gasteiger partial charge is 0.353 e. The Morgan fingerprint density at radius 3 is 1.45 bits per heavy atom. The van der Waals surface area contributed by atoms with Crippen LogP contribution in [-0.4, -0.2) is 44.3 Å². The summed E-state index contributed by atoms with van der Waals surface area (Å²) in [4.78, 5) is 0. The zero-order valence-electron chi connectivity index (χ0n) is 31.2. The number of hydrogen-bond donors (Lipinski definition) is 0. The second-order valence-electron chi connectivity index (χ2n) is 12.0. The molecule has 0 amide bonds. The van der Waals surface area contributed by atoms with Gasteiger partial charge in [-0.05, 0) is 51.4 Å². The number of rotatable bonds is 21. The monoisotopic (exact) mass is 721 g/mol. The molecule has 274 valence electrons. The first-order valence-electron chi connectivity index (χ1n) is 18.9. The topological polar surface area (TPSA) is 36.9 Å². The Bertz CT molecular complexity index is 624. The van der Waals surface area contributed by atoms with Gasteiger partial charge < -0.3 is 25.9 Å². The quantitative estimate of drug-likeness (QED) is 0.0389. The van der Waals surface area contributed by atoms with Crippen LogP contribution in [0, 0.1) is 31.1 Å². The second kappa shape index (κ2) is 50.4. The van der Waals surface area contributed by atoms with Gasteiger partial charge in [-0.2, -0.15) is 6.42 Å². The fourth-order valence-electron chi connectivity index (χ4n) is 4.68. The Morgan fingerprint density at radius 1 is 0.638 bits per heavy atom. The summed E-state index contributed by atoms with van der Waals surface area (Å²) in [6.07, 6.45) is 37.3. The third kappa shape index (κ3) is 48.2. The largest absolute Gasteiger partial charge is 1.00 e. The van der Waals surface area contributed by atoms with E-state index in [9.17, 15) is 0 Å². The number of halogens is 1. The molecule has 2 aliphatic heterocycles. The number of alkyl halides is 1. The van der Waals surface area contributed by atoms with Crippen LogP contribution in [0.2, 0.25) is 0 Å². The first-order valence-corrected chi connectivity index (χ1v) is 20.0. The summed E-state index contributed by atoms with van der Waals surface area (Å²) in [5, 5.41) is 1.18. The molecule has 2 atom stereocenters. The van der Waals surface area contributed by atoms with Crippen molar-refractivity contribution in [3.8, 4) is 24.2 Å². The molecule has 0 spiro atoms. The molecule has 2 saturated heterocycles. The number of terminal acetylenes is 1. The minimum absolute atomic E-state index is 0. The zero-order chi connectivity index (χ0) is 33.3. The molecule has 0 bridgehead atoms. The van der Waals surface area contributed by atoms with E-state index >= 15 is 0 Å². The Kier molecular flexibility index (Phi) is 57.7. The molecule has 2 heterocycles. The van der Waals surface area contributed by atoms with Crippen molar-refractivity contribution in [3.63, 3.8) is 0 Å². The van der Waals surface area contributed by atoms with E-state index in [1.54, 1.807) is 0 Å². The number of ether oxygens (including phenoxy) is 4. The molecule has 0 aromatic heterocycles. The summed E-state index contributed by atoms with van der Waals surface area (Å²) in [6.45, 7) is 12.8. The predicted octanol–water partition coefficient (Wildman–Crippen LogP) is 10.0. The molecule has 2 fully saturated rings. The van der Waals surface area contributed by atoms with E-state index in [1.165, 1.54) is 134 Å². The third-order valence-electron chi connectivity index (χ3n) is 7.59. The van der Waals surface area contributed by atoms with E-state index in [1.807, 2.05) is 0 Å². The van der Waals surface area contributed by atoms with Crippen LogP contribution >= 0.6 is 15.9 Å². The zero-order valence-corrected chi connectivity index (χ0v) is 32.7. The summed E-state index contributed by atoms with van der Waals surface area (Å²) in [7, 11) is 0. The van der Waals surface area contributed by atoms with Gasteiger partial charge in [0.05, 0.1) is 0 Å². The summed E-state index contributed by atoms with van der Waals surface area (Å²) in [5.41, 5.74) is 0. The Labute approximate surface area is 316 Å². The minimum atomic E-state index is -0.0372. The Hall–Kier alpha value is 0.0374. The molecular formula is C41H78BrLiO4. The average Bonchev–Trinajstić information content (AvgIpc) is 3.09. The first-order chi connectivity index (χ1) is 22.2. The summed E-state index contributed by atoms with van der Waals surface area (Å²) in [6, 6.07) is 0. The molecule has 0 aromatic carbocycles. The van der Waals surface area contributed by atoms with Crippen molar-refractivity contribution >= 4 is 15.9 Å². The molecule has 0 aromatic rings. The van der Waals surface area contributed by atoms with Gasteiger partial charge in [-0.25, -0.2) is 0 Å². The standard InChI is InChI=1S/C18H32O2.C10H21Br.C8H12O2.C4H9.CH4.Li/c1-2-3-4-5-6-7-8-9-10-11-13-16-19-18-15-12-14-17-20-18;1-2-3-4-5-6-7-8-9-10-11;1-2-6-9-8-5-3-4-7-10-8;1-3-4-2;;/h18H,2-10,12,14-17H2,1H3;2-10H2,1H3;1,8H,3-7H2;1,3-4H2,2H3;1H4;/q;;;-1;;+1. The van der Waals surface area contributed by atoms with Crippen molar-refractivity contribution in [2.24, 2.45) is 0 Å². The van der Waals surface area contributed by atoms with Crippen LogP contribution in [0.5, 0.6) is 0 Å². The van der Waals surface area contributed by atoms with Crippen molar-refractivity contribution < 1.29 is 37.8 Å². The maximum absolute atomic E-state index is 5.57. The normalized spacial score (nSPS) is 16.4. The summed E-state index contributed by atoms with van der Waals surface area (Å²) < 4.78 is 21.5. The van der Waals surface area contributed by atoms with Gasteiger partial charge in [-0.1, -0.05) is 152 Å². The number of unbranched alkanes of at least 4 members (excludes halogenated alkanes) is 16. The van der Waals surface area contributed by atoms with Crippen LogP contribution in [0.15, 0.2) is 0 Å². The number of hydrogen-bond acceptors (Lipinski definition) is 4. The summed E-state index contributed by atoms with van der Waals surface area (Å²) >= 11 is 3.44. The van der Waals surface area contributed by atoms with Gasteiger partial charge in [0.15, 0.2) is 12.6 Å². The van der Waals surface area contributed by atoms with E-state index in [-0.39, 0.29) is 38.9 Å². The Morgan fingerprint density at radius 2 is 1.06 bits per heavy atom. The Balaban J connectivity index is -0.000000292. The van der Waals surface area contributed by atoms with Gasteiger partial charge in [0, 0.05) is 25.0 Å². The van der Waals surface area contributed by atoms with Gasteiger partial charge in [-0.3, -0.25) is 0 Å². The average molecular weight is 722 g/mol. The van der Waals surface area contributed by atoms with Gasteiger partial charge in [-0.15, -0.1) is 12.3 Å². The predicted molar refractivity (Wildman–Crippen MR) is 206 cm³/mol. The molecule has 0 saturated carbocycles. The van der Waals surface area contributed by atoms with E-state index in [0.717, 1.165) is 45.3 Å².